The molecule has 0 fully saturated rings. The van der Waals surface area contributed by atoms with Crippen LogP contribution in [-0.4, -0.2) is 25.7 Å². The van der Waals surface area contributed by atoms with E-state index in [2.05, 4.69) is 15.1 Å². The molecule has 0 saturated heterocycles. The van der Waals surface area contributed by atoms with Crippen LogP contribution in [0.4, 0.5) is 17.6 Å². The van der Waals surface area contributed by atoms with E-state index in [4.69, 9.17) is 5.73 Å². The molecule has 1 aromatic carbocycles. The van der Waals surface area contributed by atoms with Gasteiger partial charge in [-0.05, 0) is 42.3 Å². The van der Waals surface area contributed by atoms with Crippen molar-refractivity contribution in [3.8, 4) is 11.4 Å². The highest BCUT2D eigenvalue weighted by Gasteiger charge is 2.31. The number of aryl methyl sites for hydroxylation is 1. The summed E-state index contributed by atoms with van der Waals surface area (Å²) in [5.74, 6) is -1.49. The normalized spacial score (nSPS) is 12.2. The third-order valence-corrected chi connectivity index (χ3v) is 4.19. The predicted molar refractivity (Wildman–Crippen MR) is 102 cm³/mol. The Morgan fingerprint density at radius 1 is 1.20 bits per heavy atom. The molecule has 2 heterocycles. The summed E-state index contributed by atoms with van der Waals surface area (Å²) in [6.45, 7) is 1.87. The zero-order valence-electron chi connectivity index (χ0n) is 15.8. The van der Waals surface area contributed by atoms with Crippen molar-refractivity contribution in [1.29, 1.82) is 0 Å². The molecule has 10 heteroatoms. The van der Waals surface area contributed by atoms with Crippen LogP contribution < -0.4 is 5.73 Å². The number of pyridine rings is 1. The molecule has 0 bridgehead atoms. The zero-order valence-corrected chi connectivity index (χ0v) is 15.8. The number of carbonyl (C=O) groups excluding carboxylic acids is 1. The van der Waals surface area contributed by atoms with Gasteiger partial charge in [0.05, 0.1) is 11.1 Å². The second kappa shape index (κ2) is 8.44. The van der Waals surface area contributed by atoms with Gasteiger partial charge in [-0.1, -0.05) is 13.3 Å². The Kier molecular flexibility index (Phi) is 5.95. The molecule has 0 atom stereocenters. The van der Waals surface area contributed by atoms with Crippen molar-refractivity contribution in [3.05, 3.63) is 65.5 Å². The molecule has 0 spiro atoms. The average Bonchev–Trinajstić information content (AvgIpc) is 3.15. The third-order valence-electron chi connectivity index (χ3n) is 4.19. The molecule has 1 amide bonds. The van der Waals surface area contributed by atoms with Crippen molar-refractivity contribution in [2.45, 2.75) is 25.9 Å². The minimum atomic E-state index is -4.50. The minimum absolute atomic E-state index is 0.0188. The van der Waals surface area contributed by atoms with E-state index in [0.717, 1.165) is 29.1 Å². The molecule has 0 aliphatic carbocycles. The minimum Gasteiger partial charge on any atom is -0.366 e. The van der Waals surface area contributed by atoms with Crippen LogP contribution in [-0.2, 0) is 17.4 Å². The van der Waals surface area contributed by atoms with Crippen molar-refractivity contribution >= 4 is 17.7 Å². The maximum absolute atomic E-state index is 13.2. The predicted octanol–water partition coefficient (Wildman–Crippen LogP) is 3.93. The quantitative estimate of drug-likeness (QED) is 0.373. The molecule has 6 nitrogen and oxygen atoms in total. The lowest BCUT2D eigenvalue weighted by Gasteiger charge is -2.10. The summed E-state index contributed by atoms with van der Waals surface area (Å²) in [6, 6.07) is 6.07. The van der Waals surface area contributed by atoms with E-state index in [-0.39, 0.29) is 22.5 Å². The van der Waals surface area contributed by atoms with Gasteiger partial charge in [-0.15, -0.1) is 5.10 Å². The molecular formula is C20H17F4N5O. The molecular weight excluding hydrogens is 402 g/mol. The summed E-state index contributed by atoms with van der Waals surface area (Å²) in [6.07, 6.45) is 0.256. The number of nitrogens with two attached hydrogens (primary N) is 1. The summed E-state index contributed by atoms with van der Waals surface area (Å²) < 4.78 is 53.9. The Morgan fingerprint density at radius 3 is 2.57 bits per heavy atom. The number of benzene rings is 1. The highest BCUT2D eigenvalue weighted by molar-refractivity contribution is 6.22. The standard InChI is InChI=1S/C20H17F4N5O/c1-2-3-12-6-14(8-15(7-12)20(22,23)24)19-27-11-29(28-19)10-16(18(25)30)13-4-5-17(21)26-9-13/h4-11H,2-3H2,1H3,(H2,25,30)/b16-10-. The SMILES string of the molecule is CCCc1cc(-c2ncn(/C=C(\C(N)=O)c3ccc(F)nc3)n2)cc(C(F)(F)F)c1. The zero-order chi connectivity index (χ0) is 21.9. The van der Waals surface area contributed by atoms with Gasteiger partial charge in [-0.2, -0.15) is 17.6 Å². The van der Waals surface area contributed by atoms with E-state index in [1.807, 2.05) is 6.92 Å². The van der Waals surface area contributed by atoms with Crippen LogP contribution in [0.5, 0.6) is 0 Å². The molecule has 3 aromatic rings. The summed E-state index contributed by atoms with van der Waals surface area (Å²) in [5.41, 5.74) is 5.54. The van der Waals surface area contributed by atoms with Crippen LogP contribution >= 0.6 is 0 Å². The second-order valence-electron chi connectivity index (χ2n) is 6.49. The molecule has 0 aliphatic heterocycles. The Morgan fingerprint density at radius 2 is 1.97 bits per heavy atom. The van der Waals surface area contributed by atoms with Gasteiger partial charge in [0.15, 0.2) is 5.82 Å². The summed E-state index contributed by atoms with van der Waals surface area (Å²) in [4.78, 5) is 19.3. The maximum Gasteiger partial charge on any atom is 0.416 e. The third kappa shape index (κ3) is 4.88. The highest BCUT2D eigenvalue weighted by Crippen LogP contribution is 2.33. The van der Waals surface area contributed by atoms with Gasteiger partial charge in [0.2, 0.25) is 5.95 Å². The number of nitrogens with zero attached hydrogens (tertiary/aromatic N) is 4. The van der Waals surface area contributed by atoms with E-state index >= 15 is 0 Å². The molecule has 0 aliphatic rings. The van der Waals surface area contributed by atoms with Crippen molar-refractivity contribution in [3.63, 3.8) is 0 Å². The van der Waals surface area contributed by atoms with Crippen LogP contribution in [0.15, 0.2) is 42.9 Å². The van der Waals surface area contributed by atoms with Gasteiger partial charge in [0, 0.05) is 23.5 Å². The van der Waals surface area contributed by atoms with Crippen molar-refractivity contribution < 1.29 is 22.4 Å². The second-order valence-corrected chi connectivity index (χ2v) is 6.49. The number of rotatable bonds is 6. The van der Waals surface area contributed by atoms with Crippen LogP contribution in [0.25, 0.3) is 23.2 Å². The number of alkyl halides is 3. The number of carbonyl (C=O) groups is 1. The average molecular weight is 419 g/mol. The van der Waals surface area contributed by atoms with E-state index in [0.29, 0.717) is 18.4 Å². The highest BCUT2D eigenvalue weighted by atomic mass is 19.4. The molecule has 30 heavy (non-hydrogen) atoms. The van der Waals surface area contributed by atoms with E-state index in [1.54, 1.807) is 6.07 Å². The van der Waals surface area contributed by atoms with Crippen LogP contribution in [0, 0.1) is 5.95 Å². The van der Waals surface area contributed by atoms with E-state index in [1.165, 1.54) is 18.6 Å². The Hall–Kier alpha value is -3.56. The first kappa shape index (κ1) is 21.2. The van der Waals surface area contributed by atoms with Gasteiger partial charge < -0.3 is 5.73 Å². The van der Waals surface area contributed by atoms with Crippen molar-refractivity contribution in [2.24, 2.45) is 5.73 Å². The Labute approximate surface area is 169 Å². The molecule has 156 valence electrons. The topological polar surface area (TPSA) is 86.7 Å². The van der Waals surface area contributed by atoms with Gasteiger partial charge in [0.1, 0.15) is 6.33 Å². The summed E-state index contributed by atoms with van der Waals surface area (Å²) in [5, 5.41) is 4.13. The number of primary amides is 1. The van der Waals surface area contributed by atoms with E-state index < -0.39 is 23.6 Å². The largest absolute Gasteiger partial charge is 0.416 e. The lowest BCUT2D eigenvalue weighted by Crippen LogP contribution is -2.14. The number of aromatic nitrogens is 4. The number of hydrogen-bond acceptors (Lipinski definition) is 4. The lowest BCUT2D eigenvalue weighted by atomic mass is 10.0. The number of halogens is 4. The summed E-state index contributed by atoms with van der Waals surface area (Å²) in [7, 11) is 0. The van der Waals surface area contributed by atoms with Crippen molar-refractivity contribution in [2.75, 3.05) is 0 Å². The van der Waals surface area contributed by atoms with Crippen LogP contribution in [0.2, 0.25) is 0 Å². The Balaban J connectivity index is 2.01. The molecule has 2 N–H and O–H groups in total. The molecule has 0 unspecified atom stereocenters. The Bertz CT molecular complexity index is 1090. The van der Waals surface area contributed by atoms with Gasteiger partial charge >= 0.3 is 6.18 Å². The van der Waals surface area contributed by atoms with Gasteiger partial charge in [-0.3, -0.25) is 4.79 Å². The van der Waals surface area contributed by atoms with Gasteiger partial charge in [-0.25, -0.2) is 14.6 Å². The number of hydrogen-bond donors (Lipinski definition) is 1. The first-order valence-corrected chi connectivity index (χ1v) is 8.93. The first-order valence-electron chi connectivity index (χ1n) is 8.93. The smallest absolute Gasteiger partial charge is 0.366 e. The molecule has 0 saturated carbocycles. The monoisotopic (exact) mass is 419 g/mol. The van der Waals surface area contributed by atoms with Crippen LogP contribution in [0.3, 0.4) is 0 Å². The first-order chi connectivity index (χ1) is 14.2. The van der Waals surface area contributed by atoms with E-state index in [9.17, 15) is 22.4 Å². The summed E-state index contributed by atoms with van der Waals surface area (Å²) >= 11 is 0. The lowest BCUT2D eigenvalue weighted by molar-refractivity contribution is -0.137. The maximum atomic E-state index is 13.2. The van der Waals surface area contributed by atoms with Gasteiger partial charge in [0.25, 0.3) is 5.91 Å². The molecule has 2 aromatic heterocycles. The fraction of sp³-hybridized carbons (Fsp3) is 0.200. The van der Waals surface area contributed by atoms with Crippen molar-refractivity contribution in [1.82, 2.24) is 19.7 Å². The van der Waals surface area contributed by atoms with Crippen LogP contribution in [0.1, 0.15) is 30.0 Å². The fourth-order valence-electron chi connectivity index (χ4n) is 2.83. The molecule has 3 rings (SSSR count). The molecule has 0 radical (unpaired) electrons. The number of amides is 1. The fourth-order valence-corrected chi connectivity index (χ4v) is 2.83.